The standard InChI is InChI=1S/C17H17FO3/c1-3-20-17(19)12(2)13-8-10-14(11-9-13)21-16-7-5-4-6-15(16)18/h4-12H,3H2,1-2H3. The maximum Gasteiger partial charge on any atom is 0.313 e. The third kappa shape index (κ3) is 3.81. The zero-order chi connectivity index (χ0) is 15.2. The SMILES string of the molecule is CCOC(=O)C(C)c1ccc(Oc2ccccc2F)cc1. The van der Waals surface area contributed by atoms with Gasteiger partial charge in [-0.1, -0.05) is 24.3 Å². The fourth-order valence-electron chi connectivity index (χ4n) is 1.88. The van der Waals surface area contributed by atoms with Crippen molar-refractivity contribution in [2.24, 2.45) is 0 Å². The lowest BCUT2D eigenvalue weighted by Gasteiger charge is -2.12. The largest absolute Gasteiger partial charge is 0.466 e. The second-order valence-electron chi connectivity index (χ2n) is 4.58. The number of esters is 1. The molecule has 0 aliphatic heterocycles. The monoisotopic (exact) mass is 288 g/mol. The zero-order valence-corrected chi connectivity index (χ0v) is 12.0. The summed E-state index contributed by atoms with van der Waals surface area (Å²) < 4.78 is 23.9. The molecule has 0 aliphatic carbocycles. The van der Waals surface area contributed by atoms with Crippen molar-refractivity contribution in [3.63, 3.8) is 0 Å². The maximum absolute atomic E-state index is 13.5. The molecular formula is C17H17FO3. The summed E-state index contributed by atoms with van der Waals surface area (Å²) in [5, 5.41) is 0. The Bertz CT molecular complexity index is 608. The Kier molecular flexibility index (Phi) is 4.93. The van der Waals surface area contributed by atoms with Gasteiger partial charge in [-0.05, 0) is 43.7 Å². The first kappa shape index (κ1) is 15.0. The minimum atomic E-state index is -0.415. The number of ether oxygens (including phenoxy) is 2. The van der Waals surface area contributed by atoms with E-state index in [4.69, 9.17) is 9.47 Å². The molecule has 0 saturated carbocycles. The van der Waals surface area contributed by atoms with Crippen molar-refractivity contribution in [2.75, 3.05) is 6.61 Å². The van der Waals surface area contributed by atoms with Gasteiger partial charge in [0.05, 0.1) is 12.5 Å². The predicted molar refractivity (Wildman–Crippen MR) is 78.0 cm³/mol. The van der Waals surface area contributed by atoms with Crippen LogP contribution in [0.3, 0.4) is 0 Å². The molecule has 1 unspecified atom stereocenters. The van der Waals surface area contributed by atoms with Gasteiger partial charge >= 0.3 is 5.97 Å². The highest BCUT2D eigenvalue weighted by Crippen LogP contribution is 2.26. The van der Waals surface area contributed by atoms with Gasteiger partial charge in [0.25, 0.3) is 0 Å². The Morgan fingerprint density at radius 2 is 1.81 bits per heavy atom. The fraction of sp³-hybridized carbons (Fsp3) is 0.235. The first-order chi connectivity index (χ1) is 10.1. The molecule has 21 heavy (non-hydrogen) atoms. The normalized spacial score (nSPS) is 11.8. The van der Waals surface area contributed by atoms with E-state index in [2.05, 4.69) is 0 Å². The smallest absolute Gasteiger partial charge is 0.313 e. The van der Waals surface area contributed by atoms with E-state index in [1.165, 1.54) is 6.07 Å². The van der Waals surface area contributed by atoms with E-state index in [9.17, 15) is 9.18 Å². The molecule has 0 saturated heterocycles. The summed E-state index contributed by atoms with van der Waals surface area (Å²) >= 11 is 0. The molecule has 4 heteroatoms. The Labute approximate surface area is 123 Å². The van der Waals surface area contributed by atoms with E-state index in [-0.39, 0.29) is 17.6 Å². The number of carbonyl (C=O) groups is 1. The lowest BCUT2D eigenvalue weighted by Crippen LogP contribution is -2.12. The maximum atomic E-state index is 13.5. The van der Waals surface area contributed by atoms with Crippen LogP contribution >= 0.6 is 0 Å². The second kappa shape index (κ2) is 6.88. The van der Waals surface area contributed by atoms with Crippen LogP contribution in [-0.2, 0) is 9.53 Å². The molecule has 2 rings (SSSR count). The van der Waals surface area contributed by atoms with Gasteiger partial charge in [-0.2, -0.15) is 0 Å². The van der Waals surface area contributed by atoms with E-state index in [1.54, 1.807) is 56.3 Å². The van der Waals surface area contributed by atoms with Crippen LogP contribution in [0, 0.1) is 5.82 Å². The van der Waals surface area contributed by atoms with Crippen LogP contribution in [0.5, 0.6) is 11.5 Å². The van der Waals surface area contributed by atoms with Gasteiger partial charge in [-0.25, -0.2) is 4.39 Å². The molecule has 2 aromatic carbocycles. The van der Waals surface area contributed by atoms with Crippen LogP contribution in [0.25, 0.3) is 0 Å². The number of halogens is 1. The van der Waals surface area contributed by atoms with Gasteiger partial charge in [-0.15, -0.1) is 0 Å². The van der Waals surface area contributed by atoms with Crippen molar-refractivity contribution < 1.29 is 18.7 Å². The van der Waals surface area contributed by atoms with Gasteiger partial charge in [0.1, 0.15) is 5.75 Å². The summed E-state index contributed by atoms with van der Waals surface area (Å²) in [6, 6.07) is 13.2. The highest BCUT2D eigenvalue weighted by Gasteiger charge is 2.16. The summed E-state index contributed by atoms with van der Waals surface area (Å²) in [6.45, 7) is 3.92. The lowest BCUT2D eigenvalue weighted by molar-refractivity contribution is -0.144. The van der Waals surface area contributed by atoms with Crippen LogP contribution in [0.15, 0.2) is 48.5 Å². The highest BCUT2D eigenvalue weighted by atomic mass is 19.1. The molecule has 3 nitrogen and oxygen atoms in total. The van der Waals surface area contributed by atoms with Gasteiger partial charge < -0.3 is 9.47 Å². The molecule has 0 fully saturated rings. The number of rotatable bonds is 5. The molecule has 0 N–H and O–H groups in total. The third-order valence-electron chi connectivity index (χ3n) is 3.08. The first-order valence-electron chi connectivity index (χ1n) is 6.80. The molecule has 0 heterocycles. The molecule has 0 bridgehead atoms. The Balaban J connectivity index is 2.09. The second-order valence-corrected chi connectivity index (χ2v) is 4.58. The number of carbonyl (C=O) groups excluding carboxylic acids is 1. The van der Waals surface area contributed by atoms with Crippen molar-refractivity contribution in [2.45, 2.75) is 19.8 Å². The third-order valence-corrected chi connectivity index (χ3v) is 3.08. The zero-order valence-electron chi connectivity index (χ0n) is 12.0. The first-order valence-corrected chi connectivity index (χ1v) is 6.80. The quantitative estimate of drug-likeness (QED) is 0.770. The molecule has 2 aromatic rings. The van der Waals surface area contributed by atoms with E-state index in [0.717, 1.165) is 5.56 Å². The number of hydrogen-bond acceptors (Lipinski definition) is 3. The highest BCUT2D eigenvalue weighted by molar-refractivity contribution is 5.77. The fourth-order valence-corrected chi connectivity index (χ4v) is 1.88. The summed E-state index contributed by atoms with van der Waals surface area (Å²) in [4.78, 5) is 11.7. The molecule has 0 radical (unpaired) electrons. The molecule has 0 aromatic heterocycles. The predicted octanol–water partition coefficient (Wildman–Crippen LogP) is 4.28. The Hall–Kier alpha value is -2.36. The average Bonchev–Trinajstić information content (AvgIpc) is 2.50. The van der Waals surface area contributed by atoms with Crippen LogP contribution in [0.2, 0.25) is 0 Å². The van der Waals surface area contributed by atoms with Crippen LogP contribution in [-0.4, -0.2) is 12.6 Å². The Morgan fingerprint density at radius 3 is 2.43 bits per heavy atom. The van der Waals surface area contributed by atoms with Crippen LogP contribution < -0.4 is 4.74 Å². The van der Waals surface area contributed by atoms with Gasteiger partial charge in [0, 0.05) is 0 Å². The average molecular weight is 288 g/mol. The summed E-state index contributed by atoms with van der Waals surface area (Å²) in [5.41, 5.74) is 0.828. The van der Waals surface area contributed by atoms with Crippen molar-refractivity contribution >= 4 is 5.97 Å². The van der Waals surface area contributed by atoms with E-state index in [0.29, 0.717) is 12.4 Å². The van der Waals surface area contributed by atoms with Crippen molar-refractivity contribution in [1.29, 1.82) is 0 Å². The van der Waals surface area contributed by atoms with Gasteiger partial charge in [0.2, 0.25) is 0 Å². The molecule has 0 amide bonds. The van der Waals surface area contributed by atoms with Crippen molar-refractivity contribution in [3.05, 3.63) is 59.9 Å². The van der Waals surface area contributed by atoms with Crippen LogP contribution in [0.1, 0.15) is 25.3 Å². The lowest BCUT2D eigenvalue weighted by atomic mass is 10.0. The summed E-state index contributed by atoms with van der Waals surface area (Å²) in [7, 11) is 0. The van der Waals surface area contributed by atoms with Gasteiger partial charge in [0.15, 0.2) is 11.6 Å². The van der Waals surface area contributed by atoms with E-state index < -0.39 is 5.82 Å². The molecule has 1 atom stereocenters. The topological polar surface area (TPSA) is 35.5 Å². The number of benzene rings is 2. The molecular weight excluding hydrogens is 271 g/mol. The molecule has 0 spiro atoms. The van der Waals surface area contributed by atoms with Gasteiger partial charge in [-0.3, -0.25) is 4.79 Å². The summed E-state index contributed by atoms with van der Waals surface area (Å²) in [6.07, 6.45) is 0. The minimum absolute atomic E-state index is 0.170. The Morgan fingerprint density at radius 1 is 1.14 bits per heavy atom. The molecule has 0 aliphatic rings. The van der Waals surface area contributed by atoms with Crippen molar-refractivity contribution in [1.82, 2.24) is 0 Å². The van der Waals surface area contributed by atoms with Crippen molar-refractivity contribution in [3.8, 4) is 11.5 Å². The van der Waals surface area contributed by atoms with E-state index in [1.807, 2.05) is 0 Å². The minimum Gasteiger partial charge on any atom is -0.466 e. The number of hydrogen-bond donors (Lipinski definition) is 0. The van der Waals surface area contributed by atoms with Crippen LogP contribution in [0.4, 0.5) is 4.39 Å². The molecule has 110 valence electrons. The number of para-hydroxylation sites is 1. The summed E-state index contributed by atoms with van der Waals surface area (Å²) in [5.74, 6) is -0.335. The van der Waals surface area contributed by atoms with E-state index >= 15 is 0 Å².